The van der Waals surface area contributed by atoms with Crippen molar-refractivity contribution < 1.29 is 5.11 Å². The lowest BCUT2D eigenvalue weighted by molar-refractivity contribution is 0.177. The molecule has 0 aliphatic carbocycles. The highest BCUT2D eigenvalue weighted by Gasteiger charge is 2.12. The first-order valence-electron chi connectivity index (χ1n) is 5.61. The van der Waals surface area contributed by atoms with E-state index in [2.05, 4.69) is 4.98 Å². The summed E-state index contributed by atoms with van der Waals surface area (Å²) in [7, 11) is 0. The third kappa shape index (κ3) is 3.22. The molecule has 0 amide bonds. The van der Waals surface area contributed by atoms with E-state index >= 15 is 0 Å². The van der Waals surface area contributed by atoms with E-state index in [4.69, 9.17) is 23.2 Å². The predicted octanol–water partition coefficient (Wildman–Crippen LogP) is 3.97. The molecule has 2 nitrogen and oxygen atoms in total. The number of rotatable bonds is 3. The van der Waals surface area contributed by atoms with Crippen molar-refractivity contribution in [2.24, 2.45) is 0 Å². The van der Waals surface area contributed by atoms with Crippen molar-refractivity contribution in [3.05, 3.63) is 63.4 Å². The van der Waals surface area contributed by atoms with Gasteiger partial charge in [0.15, 0.2) is 0 Å². The van der Waals surface area contributed by atoms with Gasteiger partial charge in [0, 0.05) is 28.4 Å². The molecule has 1 unspecified atom stereocenters. The summed E-state index contributed by atoms with van der Waals surface area (Å²) < 4.78 is 0. The van der Waals surface area contributed by atoms with E-state index in [-0.39, 0.29) is 0 Å². The first-order valence-corrected chi connectivity index (χ1v) is 6.36. The second-order valence-corrected chi connectivity index (χ2v) is 5.06. The quantitative estimate of drug-likeness (QED) is 0.923. The molecular formula is C14H13Cl2NO. The minimum Gasteiger partial charge on any atom is -0.388 e. The van der Waals surface area contributed by atoms with Gasteiger partial charge in [-0.05, 0) is 42.3 Å². The Kier molecular flexibility index (Phi) is 4.23. The van der Waals surface area contributed by atoms with Crippen LogP contribution in [-0.4, -0.2) is 10.1 Å². The highest BCUT2D eigenvalue weighted by Crippen LogP contribution is 2.25. The largest absolute Gasteiger partial charge is 0.388 e. The zero-order valence-electron chi connectivity index (χ0n) is 9.90. The fraction of sp³-hybridized carbons (Fsp3) is 0.214. The lowest BCUT2D eigenvalue weighted by atomic mass is 10.0. The predicted molar refractivity (Wildman–Crippen MR) is 74.1 cm³/mol. The van der Waals surface area contributed by atoms with Crippen molar-refractivity contribution >= 4 is 23.2 Å². The van der Waals surface area contributed by atoms with Crippen molar-refractivity contribution in [1.29, 1.82) is 0 Å². The van der Waals surface area contributed by atoms with Crippen LogP contribution in [0.3, 0.4) is 0 Å². The standard InChI is InChI=1S/C14H13Cl2NO/c1-9-3-2-4-17-13(9)8-14(18)10-5-11(15)7-12(16)6-10/h2-7,14,18H,8H2,1H3. The number of pyridine rings is 1. The van der Waals surface area contributed by atoms with Gasteiger partial charge in [-0.15, -0.1) is 0 Å². The van der Waals surface area contributed by atoms with Crippen LogP contribution in [0.5, 0.6) is 0 Å². The van der Waals surface area contributed by atoms with E-state index in [0.717, 1.165) is 11.3 Å². The molecular weight excluding hydrogens is 269 g/mol. The number of nitrogens with zero attached hydrogens (tertiary/aromatic N) is 1. The van der Waals surface area contributed by atoms with Gasteiger partial charge in [0.2, 0.25) is 0 Å². The van der Waals surface area contributed by atoms with Crippen LogP contribution >= 0.6 is 23.2 Å². The molecule has 2 aromatic rings. The van der Waals surface area contributed by atoms with Gasteiger partial charge in [-0.25, -0.2) is 0 Å². The molecule has 0 radical (unpaired) electrons. The number of aliphatic hydroxyl groups excluding tert-OH is 1. The van der Waals surface area contributed by atoms with Crippen LogP contribution in [0.25, 0.3) is 0 Å². The molecule has 1 aromatic carbocycles. The average Bonchev–Trinajstić information content (AvgIpc) is 2.31. The summed E-state index contributed by atoms with van der Waals surface area (Å²) in [5.74, 6) is 0. The van der Waals surface area contributed by atoms with Crippen LogP contribution < -0.4 is 0 Å². The van der Waals surface area contributed by atoms with Gasteiger partial charge in [-0.1, -0.05) is 29.3 Å². The molecule has 1 atom stereocenters. The zero-order valence-corrected chi connectivity index (χ0v) is 11.4. The van der Waals surface area contributed by atoms with E-state index in [0.29, 0.717) is 22.0 Å². The van der Waals surface area contributed by atoms with Gasteiger partial charge in [0.05, 0.1) is 6.10 Å². The number of hydrogen-bond donors (Lipinski definition) is 1. The van der Waals surface area contributed by atoms with Crippen LogP contribution in [0.2, 0.25) is 10.0 Å². The fourth-order valence-electron chi connectivity index (χ4n) is 1.80. The number of aryl methyl sites for hydroxylation is 1. The van der Waals surface area contributed by atoms with Crippen molar-refractivity contribution in [2.75, 3.05) is 0 Å². The van der Waals surface area contributed by atoms with Gasteiger partial charge >= 0.3 is 0 Å². The molecule has 0 spiro atoms. The van der Waals surface area contributed by atoms with Gasteiger partial charge in [-0.2, -0.15) is 0 Å². The van der Waals surface area contributed by atoms with Crippen molar-refractivity contribution in [3.63, 3.8) is 0 Å². The second kappa shape index (κ2) is 5.70. The van der Waals surface area contributed by atoms with E-state index in [1.807, 2.05) is 19.1 Å². The van der Waals surface area contributed by atoms with Crippen molar-refractivity contribution in [2.45, 2.75) is 19.4 Å². The van der Waals surface area contributed by atoms with Crippen LogP contribution in [0, 0.1) is 6.92 Å². The zero-order chi connectivity index (χ0) is 13.1. The Morgan fingerprint density at radius 3 is 2.50 bits per heavy atom. The van der Waals surface area contributed by atoms with Gasteiger partial charge < -0.3 is 5.11 Å². The first kappa shape index (κ1) is 13.3. The molecule has 0 aliphatic rings. The summed E-state index contributed by atoms with van der Waals surface area (Å²) in [6, 6.07) is 8.93. The van der Waals surface area contributed by atoms with Gasteiger partial charge in [-0.3, -0.25) is 4.98 Å². The lowest BCUT2D eigenvalue weighted by Gasteiger charge is -2.12. The summed E-state index contributed by atoms with van der Waals surface area (Å²) >= 11 is 11.8. The molecule has 18 heavy (non-hydrogen) atoms. The van der Waals surface area contributed by atoms with E-state index in [1.54, 1.807) is 24.4 Å². The van der Waals surface area contributed by atoms with Gasteiger partial charge in [0.25, 0.3) is 0 Å². The highest BCUT2D eigenvalue weighted by atomic mass is 35.5. The monoisotopic (exact) mass is 281 g/mol. The van der Waals surface area contributed by atoms with Crippen molar-refractivity contribution in [3.8, 4) is 0 Å². The number of halogens is 2. The maximum atomic E-state index is 10.2. The summed E-state index contributed by atoms with van der Waals surface area (Å²) in [5, 5.41) is 11.2. The minimum absolute atomic E-state index is 0.448. The number of hydrogen-bond acceptors (Lipinski definition) is 2. The van der Waals surface area contributed by atoms with Crippen LogP contribution in [0.15, 0.2) is 36.5 Å². The molecule has 1 aromatic heterocycles. The summed E-state index contributed by atoms with van der Waals surface area (Å²) in [6.07, 6.45) is 1.51. The maximum Gasteiger partial charge on any atom is 0.0846 e. The highest BCUT2D eigenvalue weighted by molar-refractivity contribution is 6.34. The molecule has 1 N–H and O–H groups in total. The van der Waals surface area contributed by atoms with E-state index in [9.17, 15) is 5.11 Å². The Balaban J connectivity index is 2.22. The molecule has 0 bridgehead atoms. The average molecular weight is 282 g/mol. The van der Waals surface area contributed by atoms with Crippen molar-refractivity contribution in [1.82, 2.24) is 4.98 Å². The third-order valence-electron chi connectivity index (χ3n) is 2.77. The topological polar surface area (TPSA) is 33.1 Å². The Bertz CT molecular complexity index is 537. The summed E-state index contributed by atoms with van der Waals surface area (Å²) in [4.78, 5) is 4.26. The molecule has 1 heterocycles. The summed E-state index contributed by atoms with van der Waals surface area (Å²) in [6.45, 7) is 1.97. The molecule has 0 saturated carbocycles. The normalized spacial score (nSPS) is 12.4. The molecule has 2 rings (SSSR count). The molecule has 0 aliphatic heterocycles. The number of aromatic nitrogens is 1. The molecule has 0 saturated heterocycles. The SMILES string of the molecule is Cc1cccnc1CC(O)c1cc(Cl)cc(Cl)c1. The Hall–Kier alpha value is -1.09. The van der Waals surface area contributed by atoms with Crippen LogP contribution in [-0.2, 0) is 6.42 Å². The number of aliphatic hydroxyl groups is 1. The maximum absolute atomic E-state index is 10.2. The number of benzene rings is 1. The smallest absolute Gasteiger partial charge is 0.0846 e. The fourth-order valence-corrected chi connectivity index (χ4v) is 2.34. The van der Waals surface area contributed by atoms with E-state index in [1.165, 1.54) is 0 Å². The Morgan fingerprint density at radius 1 is 1.22 bits per heavy atom. The Labute approximate surface area is 116 Å². The Morgan fingerprint density at radius 2 is 1.89 bits per heavy atom. The lowest BCUT2D eigenvalue weighted by Crippen LogP contribution is -2.05. The minimum atomic E-state index is -0.658. The first-order chi connectivity index (χ1) is 8.56. The second-order valence-electron chi connectivity index (χ2n) is 4.19. The molecule has 94 valence electrons. The third-order valence-corrected chi connectivity index (χ3v) is 3.21. The molecule has 0 fully saturated rings. The summed E-state index contributed by atoms with van der Waals surface area (Å²) in [5.41, 5.74) is 2.64. The van der Waals surface area contributed by atoms with Crippen LogP contribution in [0.4, 0.5) is 0 Å². The van der Waals surface area contributed by atoms with Gasteiger partial charge in [0.1, 0.15) is 0 Å². The van der Waals surface area contributed by atoms with Crippen LogP contribution in [0.1, 0.15) is 22.9 Å². The van der Waals surface area contributed by atoms with E-state index < -0.39 is 6.10 Å². The molecule has 4 heteroatoms.